The molecule has 12 heteroatoms. The summed E-state index contributed by atoms with van der Waals surface area (Å²) in [5.74, 6) is -1.54. The van der Waals surface area contributed by atoms with E-state index in [-0.39, 0.29) is 36.5 Å². The lowest BCUT2D eigenvalue weighted by atomic mass is 10.1. The molecular formula is C26H22F4N2O5S. The van der Waals surface area contributed by atoms with Crippen LogP contribution in [0.4, 0.5) is 23.2 Å². The molecule has 1 aliphatic rings. The molecule has 0 spiro atoms. The number of fused-ring (bicyclic) bond motifs is 1. The number of ether oxygens (including phenoxy) is 1. The van der Waals surface area contributed by atoms with Crippen molar-refractivity contribution in [3.8, 4) is 5.75 Å². The summed E-state index contributed by atoms with van der Waals surface area (Å²) in [5, 5.41) is 9.04. The van der Waals surface area contributed by atoms with Gasteiger partial charge >= 0.3 is 12.1 Å². The molecule has 0 saturated heterocycles. The summed E-state index contributed by atoms with van der Waals surface area (Å²) in [4.78, 5) is 14.5. The molecule has 0 amide bonds. The summed E-state index contributed by atoms with van der Waals surface area (Å²) in [6.07, 6.45) is -1.53. The second-order valence-electron chi connectivity index (χ2n) is 8.67. The fraction of sp³-hybridized carbons (Fsp3) is 0.231. The van der Waals surface area contributed by atoms with Gasteiger partial charge in [0.2, 0.25) is 0 Å². The van der Waals surface area contributed by atoms with Gasteiger partial charge in [0, 0.05) is 12.6 Å². The highest BCUT2D eigenvalue weighted by Gasteiger charge is 2.37. The van der Waals surface area contributed by atoms with Crippen molar-refractivity contribution in [1.82, 2.24) is 4.98 Å². The summed E-state index contributed by atoms with van der Waals surface area (Å²) in [5.41, 5.74) is 0.0693. The maximum absolute atomic E-state index is 14.2. The molecule has 0 unspecified atom stereocenters. The topological polar surface area (TPSA) is 96.8 Å². The smallest absolute Gasteiger partial charge is 0.416 e. The Balaban J connectivity index is 1.75. The second-order valence-corrected chi connectivity index (χ2v) is 10.5. The Morgan fingerprint density at radius 3 is 2.63 bits per heavy atom. The molecule has 200 valence electrons. The normalized spacial score (nSPS) is 15.8. The minimum atomic E-state index is -4.75. The molecule has 0 radical (unpaired) electrons. The van der Waals surface area contributed by atoms with E-state index in [1.165, 1.54) is 36.5 Å². The molecule has 1 aliphatic heterocycles. The second kappa shape index (κ2) is 10.4. The number of aromatic nitrogens is 1. The van der Waals surface area contributed by atoms with Crippen LogP contribution in [0.2, 0.25) is 0 Å². The number of pyridine rings is 1. The van der Waals surface area contributed by atoms with Crippen molar-refractivity contribution in [1.29, 1.82) is 0 Å². The number of sulfonamides is 1. The number of hydrogen-bond donors (Lipinski definition) is 1. The van der Waals surface area contributed by atoms with Gasteiger partial charge in [0.05, 0.1) is 28.4 Å². The first-order valence-electron chi connectivity index (χ1n) is 11.4. The Labute approximate surface area is 216 Å². The van der Waals surface area contributed by atoms with Crippen LogP contribution in [0.3, 0.4) is 0 Å². The summed E-state index contributed by atoms with van der Waals surface area (Å²) in [6, 6.07) is 9.17. The fourth-order valence-corrected chi connectivity index (χ4v) is 5.44. The Kier molecular flexibility index (Phi) is 7.45. The summed E-state index contributed by atoms with van der Waals surface area (Å²) < 4.78 is 87.9. The first kappa shape index (κ1) is 27.1. The summed E-state index contributed by atoms with van der Waals surface area (Å²) in [7, 11) is -4.52. The van der Waals surface area contributed by atoms with Crippen molar-refractivity contribution in [2.75, 3.05) is 10.8 Å². The molecule has 0 saturated carbocycles. The molecule has 3 aromatic rings. The van der Waals surface area contributed by atoms with Crippen LogP contribution in [0.15, 0.2) is 59.6 Å². The third-order valence-corrected chi connectivity index (χ3v) is 7.56. The van der Waals surface area contributed by atoms with Crippen LogP contribution in [0.1, 0.15) is 35.2 Å². The van der Waals surface area contributed by atoms with E-state index in [1.807, 2.05) is 0 Å². The highest BCUT2D eigenvalue weighted by atomic mass is 32.2. The van der Waals surface area contributed by atoms with E-state index in [9.17, 15) is 30.8 Å². The van der Waals surface area contributed by atoms with Crippen LogP contribution in [0.5, 0.6) is 5.75 Å². The van der Waals surface area contributed by atoms with Crippen LogP contribution in [0, 0.1) is 12.7 Å². The quantitative estimate of drug-likeness (QED) is 0.388. The van der Waals surface area contributed by atoms with E-state index < -0.39 is 44.5 Å². The number of alkyl halides is 3. The number of halogens is 4. The Bertz CT molecular complexity index is 1510. The Morgan fingerprint density at radius 2 is 1.95 bits per heavy atom. The number of aliphatic carboxylic acids is 1. The maximum atomic E-state index is 14.2. The minimum absolute atomic E-state index is 0.0244. The number of anilines is 1. The van der Waals surface area contributed by atoms with E-state index in [0.29, 0.717) is 17.2 Å². The van der Waals surface area contributed by atoms with Crippen LogP contribution in [-0.2, 0) is 21.0 Å². The monoisotopic (exact) mass is 550 g/mol. The largest absolute Gasteiger partial charge is 0.486 e. The average Bonchev–Trinajstić information content (AvgIpc) is 2.86. The SMILES string of the molecule is Cc1cnc(/C=C/c2ccc3c(c2)N(S(=O)(=O)c2cccc(C(F)(F)F)c2)C[C@H](CCC(=O)O)O3)c(F)c1. The number of aryl methyl sites for hydroxylation is 1. The molecule has 0 aliphatic carbocycles. The summed E-state index contributed by atoms with van der Waals surface area (Å²) in [6.45, 7) is 1.37. The minimum Gasteiger partial charge on any atom is -0.486 e. The predicted octanol–water partition coefficient (Wildman–Crippen LogP) is 5.54. The highest BCUT2D eigenvalue weighted by Crippen LogP contribution is 2.40. The number of benzene rings is 2. The van der Waals surface area contributed by atoms with E-state index in [1.54, 1.807) is 13.0 Å². The summed E-state index contributed by atoms with van der Waals surface area (Å²) >= 11 is 0. The first-order valence-corrected chi connectivity index (χ1v) is 12.8. The lowest BCUT2D eigenvalue weighted by molar-refractivity contribution is -0.138. The van der Waals surface area contributed by atoms with E-state index in [0.717, 1.165) is 22.5 Å². The zero-order valence-electron chi connectivity index (χ0n) is 19.9. The van der Waals surface area contributed by atoms with Crippen molar-refractivity contribution < 1.29 is 40.6 Å². The van der Waals surface area contributed by atoms with Crippen LogP contribution < -0.4 is 9.04 Å². The van der Waals surface area contributed by atoms with Crippen molar-refractivity contribution in [2.45, 2.75) is 36.9 Å². The molecule has 4 rings (SSSR count). The van der Waals surface area contributed by atoms with Gasteiger partial charge in [-0.3, -0.25) is 14.1 Å². The lowest BCUT2D eigenvalue weighted by Gasteiger charge is -2.35. The van der Waals surface area contributed by atoms with Gasteiger partial charge in [-0.05, 0) is 66.9 Å². The zero-order chi connectivity index (χ0) is 27.7. The van der Waals surface area contributed by atoms with Crippen LogP contribution in [0.25, 0.3) is 12.2 Å². The Hall–Kier alpha value is -3.93. The highest BCUT2D eigenvalue weighted by molar-refractivity contribution is 7.92. The third-order valence-electron chi connectivity index (χ3n) is 5.78. The van der Waals surface area contributed by atoms with Crippen molar-refractivity contribution >= 4 is 33.8 Å². The van der Waals surface area contributed by atoms with Gasteiger partial charge in [0.1, 0.15) is 17.7 Å². The van der Waals surface area contributed by atoms with Crippen molar-refractivity contribution in [2.24, 2.45) is 0 Å². The molecule has 2 heterocycles. The van der Waals surface area contributed by atoms with Crippen molar-refractivity contribution in [3.63, 3.8) is 0 Å². The molecule has 7 nitrogen and oxygen atoms in total. The van der Waals surface area contributed by atoms with E-state index >= 15 is 0 Å². The molecule has 0 fully saturated rings. The molecule has 1 atom stereocenters. The Morgan fingerprint density at radius 1 is 1.18 bits per heavy atom. The number of nitrogens with zero attached hydrogens (tertiary/aromatic N) is 2. The van der Waals surface area contributed by atoms with Gasteiger partial charge in [-0.1, -0.05) is 18.2 Å². The molecule has 2 aromatic carbocycles. The van der Waals surface area contributed by atoms with Crippen LogP contribution >= 0.6 is 0 Å². The molecule has 38 heavy (non-hydrogen) atoms. The predicted molar refractivity (Wildman–Crippen MR) is 132 cm³/mol. The average molecular weight is 551 g/mol. The van der Waals surface area contributed by atoms with Gasteiger partial charge in [-0.15, -0.1) is 0 Å². The molecule has 1 N–H and O–H groups in total. The zero-order valence-corrected chi connectivity index (χ0v) is 20.8. The lowest BCUT2D eigenvalue weighted by Crippen LogP contribution is -2.43. The van der Waals surface area contributed by atoms with Crippen molar-refractivity contribution in [3.05, 3.63) is 82.9 Å². The van der Waals surface area contributed by atoms with Gasteiger partial charge in [-0.25, -0.2) is 12.8 Å². The van der Waals surface area contributed by atoms with Gasteiger partial charge in [-0.2, -0.15) is 13.2 Å². The third kappa shape index (κ3) is 5.96. The number of hydrogen-bond acceptors (Lipinski definition) is 5. The van der Waals surface area contributed by atoms with Gasteiger partial charge in [0.25, 0.3) is 10.0 Å². The first-order chi connectivity index (χ1) is 17.8. The number of carbonyl (C=O) groups is 1. The molecule has 1 aromatic heterocycles. The fourth-order valence-electron chi connectivity index (χ4n) is 3.90. The number of rotatable bonds is 7. The number of carboxylic acid groups (broad SMARTS) is 1. The van der Waals surface area contributed by atoms with Gasteiger partial charge in [0.15, 0.2) is 0 Å². The van der Waals surface area contributed by atoms with Crippen LogP contribution in [-0.4, -0.2) is 37.1 Å². The molecular weight excluding hydrogens is 528 g/mol. The standard InChI is InChI=1S/C26H22F4N2O5S/c1-16-11-21(27)22(31-14-16)8-5-17-6-9-24-23(12-17)32(15-19(37-24)7-10-25(33)34)38(35,36)20-4-2-3-18(13-20)26(28,29)30/h2-6,8-9,11-14,19H,7,10,15H2,1H3,(H,33,34)/b8-5+/t19-/m0/s1. The number of carboxylic acids is 1. The van der Waals surface area contributed by atoms with E-state index in [2.05, 4.69) is 4.98 Å². The van der Waals surface area contributed by atoms with Gasteiger partial charge < -0.3 is 9.84 Å². The van der Waals surface area contributed by atoms with E-state index in [4.69, 9.17) is 9.84 Å². The molecule has 0 bridgehead atoms. The maximum Gasteiger partial charge on any atom is 0.416 e.